The van der Waals surface area contributed by atoms with Gasteiger partial charge in [0.15, 0.2) is 20.9 Å². The van der Waals surface area contributed by atoms with Crippen LogP contribution >= 0.6 is 0 Å². The van der Waals surface area contributed by atoms with E-state index in [0.717, 1.165) is 6.04 Å². The van der Waals surface area contributed by atoms with Gasteiger partial charge in [-0.25, -0.2) is 9.59 Å². The minimum Gasteiger partial charge on any atom is -0.497 e. The molecule has 54 heavy (non-hydrogen) atoms. The van der Waals surface area contributed by atoms with Crippen LogP contribution < -0.4 is 9.47 Å². The van der Waals surface area contributed by atoms with Crippen molar-refractivity contribution in [1.29, 1.82) is 0 Å². The van der Waals surface area contributed by atoms with Gasteiger partial charge in [-0.3, -0.25) is 0 Å². The van der Waals surface area contributed by atoms with Crippen LogP contribution in [-0.2, 0) is 28.1 Å². The Kier molecular flexibility index (Phi) is 16.3. The summed E-state index contributed by atoms with van der Waals surface area (Å²) in [5, 5.41) is 0.0870. The lowest BCUT2D eigenvalue weighted by Gasteiger charge is -2.36. The van der Waals surface area contributed by atoms with Crippen molar-refractivity contribution in [2.45, 2.75) is 116 Å². The molecule has 1 heterocycles. The van der Waals surface area contributed by atoms with Crippen molar-refractivity contribution in [2.24, 2.45) is 5.92 Å². The number of carbonyl (C=O) groups is 2. The largest absolute Gasteiger partial charge is 0.497 e. The molecule has 1 aliphatic rings. The molecule has 0 saturated carbocycles. The Labute approximate surface area is 325 Å². The minimum atomic E-state index is -1.96. The van der Waals surface area contributed by atoms with E-state index in [2.05, 4.69) is 60.4 Å². The highest BCUT2D eigenvalue weighted by molar-refractivity contribution is 6.76. The first-order chi connectivity index (χ1) is 25.2. The van der Waals surface area contributed by atoms with Gasteiger partial charge in [-0.15, -0.1) is 0 Å². The number of methoxy groups -OCH3 is 2. The van der Waals surface area contributed by atoms with E-state index < -0.39 is 52.4 Å². The summed E-state index contributed by atoms with van der Waals surface area (Å²) in [7, 11) is -0.335. The van der Waals surface area contributed by atoms with E-state index in [-0.39, 0.29) is 29.1 Å². The molecule has 0 aliphatic carbocycles. The molecule has 4 atom stereocenters. The van der Waals surface area contributed by atoms with Crippen molar-refractivity contribution in [3.8, 4) is 11.5 Å². The monoisotopic (exact) mass is 784 g/mol. The third-order valence-corrected chi connectivity index (χ3v) is 15.8. The SMILES string of the molecule is COCOc1cc(OC)cc(C=CC[C@@H]2OC(C)(C)OC2C(C=C[C@@H](C)CO[Si](C)(C)C(C)(C)C)OC(=O)c2ccccc2)c1C(=O)OCC[Si](C)(C)C. The molecule has 2 unspecified atom stereocenters. The molecule has 0 radical (unpaired) electrons. The van der Waals surface area contributed by atoms with E-state index in [4.69, 9.17) is 37.6 Å². The molecule has 1 aliphatic heterocycles. The van der Waals surface area contributed by atoms with Gasteiger partial charge in [0.2, 0.25) is 0 Å². The zero-order valence-corrected chi connectivity index (χ0v) is 36.8. The van der Waals surface area contributed by atoms with Crippen LogP contribution in [0.25, 0.3) is 6.08 Å². The Morgan fingerprint density at radius 2 is 1.65 bits per heavy atom. The molecule has 0 spiro atoms. The summed E-state index contributed by atoms with van der Waals surface area (Å²) in [6.45, 7) is 24.4. The van der Waals surface area contributed by atoms with Crippen molar-refractivity contribution < 1.29 is 47.2 Å². The molecule has 1 saturated heterocycles. The molecule has 300 valence electrons. The molecule has 2 aromatic rings. The zero-order valence-electron chi connectivity index (χ0n) is 34.8. The third-order valence-electron chi connectivity index (χ3n) is 9.57. The fourth-order valence-corrected chi connectivity index (χ4v) is 7.21. The number of ether oxygens (including phenoxy) is 7. The van der Waals surface area contributed by atoms with Crippen LogP contribution in [0.1, 0.15) is 74.2 Å². The zero-order chi connectivity index (χ0) is 40.3. The first-order valence-corrected chi connectivity index (χ1v) is 25.4. The van der Waals surface area contributed by atoms with Crippen molar-refractivity contribution >= 4 is 34.4 Å². The van der Waals surface area contributed by atoms with Gasteiger partial charge in [0.25, 0.3) is 0 Å². The van der Waals surface area contributed by atoms with Gasteiger partial charge < -0.3 is 37.6 Å². The summed E-state index contributed by atoms with van der Waals surface area (Å²) in [5.41, 5.74) is 1.26. The van der Waals surface area contributed by atoms with Crippen LogP contribution in [0.15, 0.2) is 60.7 Å². The molecule has 3 rings (SSSR count). The topological polar surface area (TPSA) is 108 Å². The van der Waals surface area contributed by atoms with Gasteiger partial charge in [-0.2, -0.15) is 0 Å². The number of esters is 2. The van der Waals surface area contributed by atoms with E-state index in [1.54, 1.807) is 43.5 Å². The van der Waals surface area contributed by atoms with E-state index in [1.165, 1.54) is 7.11 Å². The Morgan fingerprint density at radius 1 is 0.963 bits per heavy atom. The van der Waals surface area contributed by atoms with Crippen LogP contribution in [0.3, 0.4) is 0 Å². The lowest BCUT2D eigenvalue weighted by molar-refractivity contribution is -0.152. The lowest BCUT2D eigenvalue weighted by Crippen LogP contribution is -2.41. The fraction of sp³-hybridized carbons (Fsp3) is 0.571. The first-order valence-electron chi connectivity index (χ1n) is 18.8. The van der Waals surface area contributed by atoms with E-state index in [0.29, 0.717) is 36.5 Å². The molecule has 0 bridgehead atoms. The lowest BCUT2D eigenvalue weighted by atomic mass is 10.0. The van der Waals surface area contributed by atoms with Crippen molar-refractivity contribution in [1.82, 2.24) is 0 Å². The molecule has 0 N–H and O–H groups in total. The van der Waals surface area contributed by atoms with Gasteiger partial charge in [0.1, 0.15) is 29.3 Å². The molecule has 0 amide bonds. The predicted molar refractivity (Wildman–Crippen MR) is 219 cm³/mol. The van der Waals surface area contributed by atoms with E-state index >= 15 is 0 Å². The molecule has 2 aromatic carbocycles. The standard InChI is InChI=1S/C42H64O10Si2/c1-30(28-49-54(12,13)41(2,3)4)22-23-34(50-39(43)31-18-15-14-16-19-31)38-35(51-42(5,6)52-38)21-17-20-32-26-33(46-8)27-36(48-29-45-7)37(32)40(44)47-24-25-53(9,10)11/h14-20,22-23,26-27,30,34-35,38H,21,24-25,28-29H2,1-13H3/t30-,34?,35+,38?/m1/s1. The molecular weight excluding hydrogens is 721 g/mol. The highest BCUT2D eigenvalue weighted by Crippen LogP contribution is 2.38. The maximum Gasteiger partial charge on any atom is 0.342 e. The summed E-state index contributed by atoms with van der Waals surface area (Å²) in [4.78, 5) is 27.0. The van der Waals surface area contributed by atoms with Crippen LogP contribution in [0.2, 0.25) is 43.8 Å². The maximum atomic E-state index is 13.6. The van der Waals surface area contributed by atoms with Gasteiger partial charge in [-0.1, -0.05) is 83.8 Å². The Hall–Kier alpha value is -3.27. The normalized spacial score (nSPS) is 18.8. The number of hydrogen-bond donors (Lipinski definition) is 0. The van der Waals surface area contributed by atoms with Gasteiger partial charge in [0, 0.05) is 27.9 Å². The quantitative estimate of drug-likeness (QED) is 0.0592. The Morgan fingerprint density at radius 3 is 2.26 bits per heavy atom. The Balaban J connectivity index is 1.94. The smallest absolute Gasteiger partial charge is 0.342 e. The summed E-state index contributed by atoms with van der Waals surface area (Å²) >= 11 is 0. The molecular formula is C42H64O10Si2. The number of rotatable bonds is 19. The summed E-state index contributed by atoms with van der Waals surface area (Å²) in [6.07, 6.45) is 6.11. The number of carbonyl (C=O) groups excluding carboxylic acids is 2. The van der Waals surface area contributed by atoms with E-state index in [1.807, 2.05) is 44.2 Å². The molecule has 12 heteroatoms. The highest BCUT2D eigenvalue weighted by Gasteiger charge is 2.45. The average Bonchev–Trinajstić information content (AvgIpc) is 3.40. The van der Waals surface area contributed by atoms with Gasteiger partial charge in [-0.05, 0) is 80.2 Å². The minimum absolute atomic E-state index is 0.0530. The second kappa shape index (κ2) is 19.5. The highest BCUT2D eigenvalue weighted by atomic mass is 28.4. The second-order valence-corrected chi connectivity index (χ2v) is 27.5. The van der Waals surface area contributed by atoms with E-state index in [9.17, 15) is 9.59 Å². The van der Waals surface area contributed by atoms with Crippen LogP contribution in [0.5, 0.6) is 11.5 Å². The average molecular weight is 785 g/mol. The van der Waals surface area contributed by atoms with Gasteiger partial charge in [0.05, 0.1) is 25.4 Å². The molecule has 10 nitrogen and oxygen atoms in total. The molecule has 0 aromatic heterocycles. The molecule has 1 fully saturated rings. The Bertz CT molecular complexity index is 1570. The van der Waals surface area contributed by atoms with Crippen molar-refractivity contribution in [3.05, 3.63) is 77.4 Å². The fourth-order valence-electron chi connectivity index (χ4n) is 5.38. The number of benzene rings is 2. The van der Waals surface area contributed by atoms with Crippen molar-refractivity contribution in [3.63, 3.8) is 0 Å². The summed E-state index contributed by atoms with van der Waals surface area (Å²) < 4.78 is 47.8. The van der Waals surface area contributed by atoms with Gasteiger partial charge >= 0.3 is 11.9 Å². The maximum absolute atomic E-state index is 13.6. The first kappa shape index (κ1) is 45.1. The summed E-state index contributed by atoms with van der Waals surface area (Å²) in [6, 6.07) is 13.1. The van der Waals surface area contributed by atoms with Crippen LogP contribution in [0.4, 0.5) is 0 Å². The third kappa shape index (κ3) is 13.8. The van der Waals surface area contributed by atoms with Crippen LogP contribution in [0, 0.1) is 5.92 Å². The van der Waals surface area contributed by atoms with Crippen LogP contribution in [-0.4, -0.2) is 86.7 Å². The predicted octanol–water partition coefficient (Wildman–Crippen LogP) is 9.54. The second-order valence-electron chi connectivity index (χ2n) is 17.0. The summed E-state index contributed by atoms with van der Waals surface area (Å²) in [5.74, 6) is -1.06. The number of hydrogen-bond acceptors (Lipinski definition) is 10. The van der Waals surface area contributed by atoms with Crippen molar-refractivity contribution in [2.75, 3.05) is 34.2 Å².